The quantitative estimate of drug-likeness (QED) is 0.770. The van der Waals surface area contributed by atoms with Gasteiger partial charge in [0, 0.05) is 12.7 Å². The van der Waals surface area contributed by atoms with Crippen LogP contribution < -0.4 is 10.1 Å². The standard InChI is InChI=1S/C16H17N3O/c1-2-17-15-11-18-16-14(9-6-10-19(15)16)20-12-13-7-4-3-5-8-13/h3-11,17H,2,12H2,1H3. The Balaban J connectivity index is 1.85. The van der Waals surface area contributed by atoms with Crippen LogP contribution >= 0.6 is 0 Å². The van der Waals surface area contributed by atoms with Crippen molar-refractivity contribution in [2.24, 2.45) is 0 Å². The molecule has 20 heavy (non-hydrogen) atoms. The monoisotopic (exact) mass is 267 g/mol. The van der Waals surface area contributed by atoms with Gasteiger partial charge in [0.25, 0.3) is 0 Å². The number of benzene rings is 1. The molecular weight excluding hydrogens is 250 g/mol. The number of nitrogens with one attached hydrogen (secondary N) is 1. The molecular formula is C16H17N3O. The Hall–Kier alpha value is -2.49. The predicted octanol–water partition coefficient (Wildman–Crippen LogP) is 3.35. The van der Waals surface area contributed by atoms with Crippen LogP contribution in [0.2, 0.25) is 0 Å². The van der Waals surface area contributed by atoms with Crippen molar-refractivity contribution >= 4 is 11.5 Å². The number of aromatic nitrogens is 2. The highest BCUT2D eigenvalue weighted by molar-refractivity contribution is 5.59. The van der Waals surface area contributed by atoms with Crippen LogP contribution in [0.25, 0.3) is 5.65 Å². The van der Waals surface area contributed by atoms with Crippen LogP contribution in [-0.4, -0.2) is 15.9 Å². The first kappa shape index (κ1) is 12.5. The highest BCUT2D eigenvalue weighted by atomic mass is 16.5. The zero-order valence-corrected chi connectivity index (χ0v) is 11.4. The van der Waals surface area contributed by atoms with Crippen LogP contribution in [0.3, 0.4) is 0 Å². The Labute approximate surface area is 118 Å². The molecule has 0 saturated heterocycles. The van der Waals surface area contributed by atoms with Gasteiger partial charge in [0.2, 0.25) is 0 Å². The summed E-state index contributed by atoms with van der Waals surface area (Å²) in [5.74, 6) is 1.77. The molecule has 1 aromatic carbocycles. The summed E-state index contributed by atoms with van der Waals surface area (Å²) in [6.07, 6.45) is 3.81. The number of fused-ring (bicyclic) bond motifs is 1. The van der Waals surface area contributed by atoms with Crippen molar-refractivity contribution in [3.8, 4) is 5.75 Å². The molecule has 4 heteroatoms. The summed E-state index contributed by atoms with van der Waals surface area (Å²) in [5.41, 5.74) is 1.98. The molecule has 0 amide bonds. The van der Waals surface area contributed by atoms with Crippen molar-refractivity contribution in [1.82, 2.24) is 9.38 Å². The second-order valence-corrected chi connectivity index (χ2v) is 4.51. The molecule has 2 aromatic heterocycles. The Bertz CT molecular complexity index is 691. The molecule has 0 aliphatic heterocycles. The van der Waals surface area contributed by atoms with Gasteiger partial charge in [0.15, 0.2) is 11.4 Å². The van der Waals surface area contributed by atoms with E-state index in [2.05, 4.69) is 29.4 Å². The molecule has 1 N–H and O–H groups in total. The minimum absolute atomic E-state index is 0.546. The molecule has 0 saturated carbocycles. The summed E-state index contributed by atoms with van der Waals surface area (Å²) in [6.45, 7) is 3.47. The molecule has 0 bridgehead atoms. The van der Waals surface area contributed by atoms with Crippen LogP contribution in [-0.2, 0) is 6.61 Å². The van der Waals surface area contributed by atoms with Crippen LogP contribution in [0.5, 0.6) is 5.75 Å². The van der Waals surface area contributed by atoms with E-state index in [4.69, 9.17) is 4.74 Å². The third-order valence-corrected chi connectivity index (χ3v) is 3.10. The lowest BCUT2D eigenvalue weighted by Crippen LogP contribution is -2.01. The van der Waals surface area contributed by atoms with Gasteiger partial charge in [-0.05, 0) is 24.6 Å². The molecule has 3 aromatic rings. The third kappa shape index (κ3) is 2.45. The summed E-state index contributed by atoms with van der Waals surface area (Å²) in [4.78, 5) is 4.42. The van der Waals surface area contributed by atoms with Gasteiger partial charge in [0.1, 0.15) is 12.4 Å². The topological polar surface area (TPSA) is 38.6 Å². The average molecular weight is 267 g/mol. The Morgan fingerprint density at radius 2 is 2.00 bits per heavy atom. The molecule has 4 nitrogen and oxygen atoms in total. The van der Waals surface area contributed by atoms with E-state index in [-0.39, 0.29) is 0 Å². The van der Waals surface area contributed by atoms with Gasteiger partial charge >= 0.3 is 0 Å². The Kier molecular flexibility index (Phi) is 3.54. The number of hydrogen-bond donors (Lipinski definition) is 1. The van der Waals surface area contributed by atoms with E-state index < -0.39 is 0 Å². The predicted molar refractivity (Wildman–Crippen MR) is 80.1 cm³/mol. The highest BCUT2D eigenvalue weighted by Crippen LogP contribution is 2.22. The minimum atomic E-state index is 0.546. The summed E-state index contributed by atoms with van der Waals surface area (Å²) in [7, 11) is 0. The first-order chi connectivity index (χ1) is 9.88. The fourth-order valence-electron chi connectivity index (χ4n) is 2.14. The lowest BCUT2D eigenvalue weighted by molar-refractivity contribution is 0.308. The van der Waals surface area contributed by atoms with Crippen molar-refractivity contribution in [3.63, 3.8) is 0 Å². The van der Waals surface area contributed by atoms with Gasteiger partial charge < -0.3 is 10.1 Å². The lowest BCUT2D eigenvalue weighted by Gasteiger charge is -2.08. The zero-order valence-electron chi connectivity index (χ0n) is 11.4. The molecule has 2 heterocycles. The van der Waals surface area contributed by atoms with Gasteiger partial charge in [-0.25, -0.2) is 4.98 Å². The second-order valence-electron chi connectivity index (χ2n) is 4.51. The Morgan fingerprint density at radius 3 is 2.80 bits per heavy atom. The summed E-state index contributed by atoms with van der Waals surface area (Å²) in [6, 6.07) is 14.0. The van der Waals surface area contributed by atoms with E-state index in [1.807, 2.05) is 47.1 Å². The average Bonchev–Trinajstić information content (AvgIpc) is 2.91. The number of rotatable bonds is 5. The van der Waals surface area contributed by atoms with E-state index in [0.717, 1.165) is 29.3 Å². The molecule has 102 valence electrons. The normalized spacial score (nSPS) is 10.7. The Morgan fingerprint density at radius 1 is 1.15 bits per heavy atom. The first-order valence-corrected chi connectivity index (χ1v) is 6.75. The molecule has 0 radical (unpaired) electrons. The maximum absolute atomic E-state index is 5.89. The molecule has 0 atom stereocenters. The fraction of sp³-hybridized carbons (Fsp3) is 0.188. The first-order valence-electron chi connectivity index (χ1n) is 6.75. The third-order valence-electron chi connectivity index (χ3n) is 3.10. The van der Waals surface area contributed by atoms with Crippen LogP contribution in [0.15, 0.2) is 54.9 Å². The zero-order chi connectivity index (χ0) is 13.8. The van der Waals surface area contributed by atoms with E-state index in [9.17, 15) is 0 Å². The number of ether oxygens (including phenoxy) is 1. The smallest absolute Gasteiger partial charge is 0.181 e. The number of nitrogens with zero attached hydrogens (tertiary/aromatic N) is 2. The number of hydrogen-bond acceptors (Lipinski definition) is 3. The van der Waals surface area contributed by atoms with Crippen LogP contribution in [0, 0.1) is 0 Å². The van der Waals surface area contributed by atoms with E-state index >= 15 is 0 Å². The second kappa shape index (κ2) is 5.65. The summed E-state index contributed by atoms with van der Waals surface area (Å²) >= 11 is 0. The maximum Gasteiger partial charge on any atom is 0.181 e. The van der Waals surface area contributed by atoms with Gasteiger partial charge in [-0.1, -0.05) is 30.3 Å². The minimum Gasteiger partial charge on any atom is -0.485 e. The van der Waals surface area contributed by atoms with Gasteiger partial charge in [0.05, 0.1) is 6.20 Å². The molecule has 0 spiro atoms. The van der Waals surface area contributed by atoms with E-state index in [1.54, 1.807) is 0 Å². The van der Waals surface area contributed by atoms with Crippen molar-refractivity contribution in [1.29, 1.82) is 0 Å². The maximum atomic E-state index is 5.89. The van der Waals surface area contributed by atoms with E-state index in [0.29, 0.717) is 6.61 Å². The number of anilines is 1. The molecule has 0 aliphatic rings. The fourth-order valence-corrected chi connectivity index (χ4v) is 2.14. The van der Waals surface area contributed by atoms with Gasteiger partial charge in [-0.3, -0.25) is 4.40 Å². The lowest BCUT2D eigenvalue weighted by atomic mass is 10.2. The molecule has 3 rings (SSSR count). The van der Waals surface area contributed by atoms with Gasteiger partial charge in [-0.2, -0.15) is 0 Å². The van der Waals surface area contributed by atoms with Crippen molar-refractivity contribution in [2.75, 3.05) is 11.9 Å². The van der Waals surface area contributed by atoms with Crippen LogP contribution in [0.1, 0.15) is 12.5 Å². The highest BCUT2D eigenvalue weighted by Gasteiger charge is 2.07. The largest absolute Gasteiger partial charge is 0.485 e. The molecule has 0 aliphatic carbocycles. The van der Waals surface area contributed by atoms with Crippen molar-refractivity contribution < 1.29 is 4.74 Å². The summed E-state index contributed by atoms with van der Waals surface area (Å²) in [5, 5.41) is 3.28. The summed E-state index contributed by atoms with van der Waals surface area (Å²) < 4.78 is 7.89. The van der Waals surface area contributed by atoms with Crippen LogP contribution in [0.4, 0.5) is 5.82 Å². The SMILES string of the molecule is CCNc1cnc2c(OCc3ccccc3)cccn12. The number of imidazole rings is 1. The molecule has 0 unspecified atom stereocenters. The molecule has 0 fully saturated rings. The van der Waals surface area contributed by atoms with E-state index in [1.165, 1.54) is 0 Å². The van der Waals surface area contributed by atoms with Crippen molar-refractivity contribution in [3.05, 3.63) is 60.4 Å². The van der Waals surface area contributed by atoms with Crippen molar-refractivity contribution in [2.45, 2.75) is 13.5 Å². The number of pyridine rings is 1. The van der Waals surface area contributed by atoms with Gasteiger partial charge in [-0.15, -0.1) is 0 Å².